The maximum Gasteiger partial charge on any atom is 0.127 e. The van der Waals surface area contributed by atoms with Crippen molar-refractivity contribution in [1.29, 1.82) is 0 Å². The van der Waals surface area contributed by atoms with Gasteiger partial charge in [0.05, 0.1) is 6.04 Å². The standard InChI is InChI=1S/C8H8FNO/c9-5-1-2-6-7(10)4-11-8(6)3-5/h1-3,7H,4,10H2/t7-/m1/s1. The third-order valence-electron chi connectivity index (χ3n) is 1.79. The lowest BCUT2D eigenvalue weighted by Gasteiger charge is -1.98. The molecular weight excluding hydrogens is 145 g/mol. The summed E-state index contributed by atoms with van der Waals surface area (Å²) in [7, 11) is 0. The van der Waals surface area contributed by atoms with E-state index >= 15 is 0 Å². The summed E-state index contributed by atoms with van der Waals surface area (Å²) >= 11 is 0. The molecule has 0 fully saturated rings. The Kier molecular flexibility index (Phi) is 1.32. The van der Waals surface area contributed by atoms with Gasteiger partial charge in [-0.05, 0) is 6.07 Å². The Bertz CT molecular complexity index is 287. The molecule has 1 aliphatic heterocycles. The van der Waals surface area contributed by atoms with Crippen molar-refractivity contribution in [3.05, 3.63) is 29.6 Å². The lowest BCUT2D eigenvalue weighted by Crippen LogP contribution is -2.10. The number of halogens is 1. The smallest absolute Gasteiger partial charge is 0.127 e. The van der Waals surface area contributed by atoms with E-state index in [2.05, 4.69) is 0 Å². The van der Waals surface area contributed by atoms with Gasteiger partial charge >= 0.3 is 0 Å². The highest BCUT2D eigenvalue weighted by atomic mass is 19.1. The van der Waals surface area contributed by atoms with E-state index in [9.17, 15) is 4.39 Å². The van der Waals surface area contributed by atoms with Gasteiger partial charge < -0.3 is 10.5 Å². The van der Waals surface area contributed by atoms with Crippen LogP contribution in [0, 0.1) is 5.82 Å². The molecule has 0 unspecified atom stereocenters. The number of hydrogen-bond donors (Lipinski definition) is 1. The molecule has 11 heavy (non-hydrogen) atoms. The van der Waals surface area contributed by atoms with Crippen molar-refractivity contribution >= 4 is 0 Å². The lowest BCUT2D eigenvalue weighted by molar-refractivity contribution is 0.332. The van der Waals surface area contributed by atoms with Crippen molar-refractivity contribution in [3.8, 4) is 5.75 Å². The minimum absolute atomic E-state index is 0.0920. The fourth-order valence-corrected chi connectivity index (χ4v) is 1.21. The number of fused-ring (bicyclic) bond motifs is 1. The van der Waals surface area contributed by atoms with Crippen LogP contribution in [0.15, 0.2) is 18.2 Å². The molecule has 0 amide bonds. The highest BCUT2D eigenvalue weighted by Crippen LogP contribution is 2.30. The van der Waals surface area contributed by atoms with Gasteiger partial charge in [0.25, 0.3) is 0 Å². The Morgan fingerprint density at radius 3 is 3.18 bits per heavy atom. The van der Waals surface area contributed by atoms with Gasteiger partial charge in [-0.2, -0.15) is 0 Å². The normalized spacial score (nSPS) is 21.1. The molecule has 0 spiro atoms. The topological polar surface area (TPSA) is 35.2 Å². The predicted molar refractivity (Wildman–Crippen MR) is 38.8 cm³/mol. The summed E-state index contributed by atoms with van der Waals surface area (Å²) in [5, 5.41) is 0. The summed E-state index contributed by atoms with van der Waals surface area (Å²) in [5.74, 6) is 0.301. The van der Waals surface area contributed by atoms with Crippen LogP contribution in [0.2, 0.25) is 0 Å². The van der Waals surface area contributed by atoms with E-state index < -0.39 is 0 Å². The van der Waals surface area contributed by atoms with Crippen LogP contribution in [-0.4, -0.2) is 6.61 Å². The first-order valence-electron chi connectivity index (χ1n) is 3.45. The molecule has 1 atom stereocenters. The molecule has 0 aliphatic carbocycles. The van der Waals surface area contributed by atoms with E-state index in [4.69, 9.17) is 10.5 Å². The van der Waals surface area contributed by atoms with Crippen molar-refractivity contribution in [2.75, 3.05) is 6.61 Å². The van der Waals surface area contributed by atoms with Gasteiger partial charge in [0, 0.05) is 11.6 Å². The molecule has 1 heterocycles. The van der Waals surface area contributed by atoms with Crippen LogP contribution in [0.1, 0.15) is 11.6 Å². The molecule has 1 aromatic carbocycles. The monoisotopic (exact) mass is 153 g/mol. The highest BCUT2D eigenvalue weighted by Gasteiger charge is 2.20. The van der Waals surface area contributed by atoms with Crippen LogP contribution < -0.4 is 10.5 Å². The zero-order valence-electron chi connectivity index (χ0n) is 5.88. The van der Waals surface area contributed by atoms with Gasteiger partial charge in [0.1, 0.15) is 18.2 Å². The first kappa shape index (κ1) is 6.61. The van der Waals surface area contributed by atoms with Crippen LogP contribution in [0.4, 0.5) is 4.39 Å². The van der Waals surface area contributed by atoms with Crippen molar-refractivity contribution in [3.63, 3.8) is 0 Å². The molecule has 0 radical (unpaired) electrons. The Morgan fingerprint density at radius 1 is 1.55 bits per heavy atom. The fourth-order valence-electron chi connectivity index (χ4n) is 1.21. The molecule has 1 aromatic rings. The predicted octanol–water partition coefficient (Wildman–Crippen LogP) is 1.22. The lowest BCUT2D eigenvalue weighted by atomic mass is 10.1. The summed E-state index contributed by atoms with van der Waals surface area (Å²) in [6, 6.07) is 4.34. The van der Waals surface area contributed by atoms with Gasteiger partial charge in [-0.25, -0.2) is 4.39 Å². The molecule has 2 rings (SSSR count). The molecular formula is C8H8FNO. The van der Waals surface area contributed by atoms with Crippen LogP contribution in [0.5, 0.6) is 5.75 Å². The minimum Gasteiger partial charge on any atom is -0.491 e. The number of ether oxygens (including phenoxy) is 1. The van der Waals surface area contributed by atoms with Crippen LogP contribution in [0.3, 0.4) is 0 Å². The van der Waals surface area contributed by atoms with Crippen molar-refractivity contribution < 1.29 is 9.13 Å². The maximum atomic E-state index is 12.6. The van der Waals surface area contributed by atoms with Gasteiger partial charge in [0.15, 0.2) is 0 Å². The van der Waals surface area contributed by atoms with E-state index in [0.29, 0.717) is 12.4 Å². The van der Waals surface area contributed by atoms with E-state index in [1.54, 1.807) is 6.07 Å². The van der Waals surface area contributed by atoms with E-state index in [-0.39, 0.29) is 11.9 Å². The van der Waals surface area contributed by atoms with Gasteiger partial charge in [0.2, 0.25) is 0 Å². The Morgan fingerprint density at radius 2 is 2.36 bits per heavy atom. The fraction of sp³-hybridized carbons (Fsp3) is 0.250. The first-order chi connectivity index (χ1) is 5.27. The van der Waals surface area contributed by atoms with Crippen molar-refractivity contribution in [1.82, 2.24) is 0 Å². The second-order valence-electron chi connectivity index (χ2n) is 2.60. The molecule has 0 bridgehead atoms. The Labute approximate surface area is 63.8 Å². The molecule has 2 N–H and O–H groups in total. The average molecular weight is 153 g/mol. The molecule has 58 valence electrons. The van der Waals surface area contributed by atoms with E-state index in [1.165, 1.54) is 12.1 Å². The first-order valence-corrected chi connectivity index (χ1v) is 3.45. The number of rotatable bonds is 0. The Hall–Kier alpha value is -1.09. The second-order valence-corrected chi connectivity index (χ2v) is 2.60. The van der Waals surface area contributed by atoms with Crippen LogP contribution in [0.25, 0.3) is 0 Å². The zero-order chi connectivity index (χ0) is 7.84. The number of benzene rings is 1. The van der Waals surface area contributed by atoms with E-state index in [0.717, 1.165) is 5.56 Å². The molecule has 3 heteroatoms. The Balaban J connectivity index is 2.50. The summed E-state index contributed by atoms with van der Waals surface area (Å²) < 4.78 is 17.7. The molecule has 0 saturated carbocycles. The number of hydrogen-bond acceptors (Lipinski definition) is 2. The molecule has 0 aromatic heterocycles. The molecule has 1 aliphatic rings. The summed E-state index contributed by atoms with van der Waals surface area (Å²) in [4.78, 5) is 0. The third-order valence-corrected chi connectivity index (χ3v) is 1.79. The SMILES string of the molecule is N[C@@H]1COc2cc(F)ccc21. The highest BCUT2D eigenvalue weighted by molar-refractivity contribution is 5.39. The zero-order valence-corrected chi connectivity index (χ0v) is 5.88. The summed E-state index contributed by atoms with van der Waals surface area (Å²) in [6.45, 7) is 0.457. The van der Waals surface area contributed by atoms with Gasteiger partial charge in [-0.3, -0.25) is 0 Å². The van der Waals surface area contributed by atoms with Crippen LogP contribution in [-0.2, 0) is 0 Å². The van der Waals surface area contributed by atoms with Gasteiger partial charge in [-0.1, -0.05) is 6.07 Å². The van der Waals surface area contributed by atoms with Crippen LogP contribution >= 0.6 is 0 Å². The minimum atomic E-state index is -0.280. The average Bonchev–Trinajstić information content (AvgIpc) is 2.32. The summed E-state index contributed by atoms with van der Waals surface area (Å²) in [5.41, 5.74) is 6.54. The van der Waals surface area contributed by atoms with Crippen molar-refractivity contribution in [2.45, 2.75) is 6.04 Å². The second kappa shape index (κ2) is 2.20. The van der Waals surface area contributed by atoms with Crippen molar-refractivity contribution in [2.24, 2.45) is 5.73 Å². The molecule has 2 nitrogen and oxygen atoms in total. The number of nitrogens with two attached hydrogens (primary N) is 1. The van der Waals surface area contributed by atoms with E-state index in [1.807, 2.05) is 0 Å². The van der Waals surface area contributed by atoms with Gasteiger partial charge in [-0.15, -0.1) is 0 Å². The third kappa shape index (κ3) is 0.973. The largest absolute Gasteiger partial charge is 0.491 e. The molecule has 0 saturated heterocycles. The quantitative estimate of drug-likeness (QED) is 0.608. The summed E-state index contributed by atoms with van der Waals surface area (Å²) in [6.07, 6.45) is 0. The maximum absolute atomic E-state index is 12.6.